The molecule has 9 rings (SSSR count). The van der Waals surface area contributed by atoms with Crippen molar-refractivity contribution in [1.29, 1.82) is 0 Å². The van der Waals surface area contributed by atoms with Gasteiger partial charge in [-0.05, 0) is 110 Å². The minimum atomic E-state index is -4.44. The monoisotopic (exact) mass is 927 g/mol. The summed E-state index contributed by atoms with van der Waals surface area (Å²) in [5.74, 6) is -0.0747. The van der Waals surface area contributed by atoms with Crippen LogP contribution in [0.2, 0.25) is 10.0 Å². The Bertz CT molecular complexity index is 2710. The molecule has 5 aromatic rings. The Kier molecular flexibility index (Phi) is 12.3. The molecule has 0 unspecified atom stereocenters. The van der Waals surface area contributed by atoms with Gasteiger partial charge >= 0.3 is 6.09 Å². The molecule has 0 atom stereocenters. The van der Waals surface area contributed by atoms with Crippen molar-refractivity contribution in [3.8, 4) is 17.4 Å². The van der Waals surface area contributed by atoms with Gasteiger partial charge in [0.2, 0.25) is 5.88 Å². The number of rotatable bonds is 12. The highest BCUT2D eigenvalue weighted by Crippen LogP contribution is 2.44. The minimum Gasteiger partial charge on any atom is -0.476 e. The zero-order valence-electron chi connectivity index (χ0n) is 35.8. The average Bonchev–Trinajstić information content (AvgIpc) is 3.90. The summed E-state index contributed by atoms with van der Waals surface area (Å²) >= 11 is 12.7. The highest BCUT2D eigenvalue weighted by molar-refractivity contribution is 7.90. The van der Waals surface area contributed by atoms with Crippen LogP contribution in [0.25, 0.3) is 16.6 Å². The van der Waals surface area contributed by atoms with Crippen LogP contribution >= 0.6 is 23.2 Å². The van der Waals surface area contributed by atoms with E-state index in [9.17, 15) is 18.0 Å². The second-order valence-electron chi connectivity index (χ2n) is 18.1. The zero-order chi connectivity index (χ0) is 44.6. The standard InChI is InChI=1S/C47H51Cl2N7O7S/c1-46(2)13-11-33(39(24-46)31-3-5-34(48)6-4-31)27-55-17-19-56(20-18-55)35-7-8-38(41(22-35)62-36-21-32-12-16-50-42(32)51-25-36)43(57)54-64(59,60)37-23-40(49)44(52-26-37)61-28-30-9-14-47(15-10-30)29-53-45(58)63-47/h3-8,12,16,21-23,25-26,30H,9-11,13-15,17-20,24,27-29H2,1-2H3,(H,50,51)(H,53,58)(H,54,57). The molecule has 4 aliphatic rings. The molecule has 14 nitrogen and oxygen atoms in total. The number of carbonyl (C=O) groups is 2. The van der Waals surface area contributed by atoms with E-state index in [1.807, 2.05) is 24.3 Å². The number of aromatic amines is 1. The van der Waals surface area contributed by atoms with E-state index < -0.39 is 21.5 Å². The number of nitrogens with one attached hydrogen (secondary N) is 3. The largest absolute Gasteiger partial charge is 0.476 e. The number of amides is 2. The van der Waals surface area contributed by atoms with E-state index in [2.05, 4.69) is 60.8 Å². The molecule has 0 radical (unpaired) electrons. The smallest absolute Gasteiger partial charge is 0.407 e. The van der Waals surface area contributed by atoms with Gasteiger partial charge in [-0.3, -0.25) is 9.69 Å². The van der Waals surface area contributed by atoms with E-state index in [-0.39, 0.29) is 44.5 Å². The van der Waals surface area contributed by atoms with Gasteiger partial charge in [0.05, 0.1) is 31.1 Å². The van der Waals surface area contributed by atoms with Gasteiger partial charge < -0.3 is 29.4 Å². The fourth-order valence-corrected chi connectivity index (χ4v) is 10.6. The number of ether oxygens (including phenoxy) is 3. The van der Waals surface area contributed by atoms with Gasteiger partial charge in [0.25, 0.3) is 15.9 Å². The van der Waals surface area contributed by atoms with E-state index in [1.165, 1.54) is 22.8 Å². The minimum absolute atomic E-state index is 0.0124. The van der Waals surface area contributed by atoms with Gasteiger partial charge in [-0.2, -0.15) is 0 Å². The van der Waals surface area contributed by atoms with Gasteiger partial charge in [0, 0.05) is 61.1 Å². The molecule has 3 N–H and O–H groups in total. The molecule has 1 spiro atoms. The summed E-state index contributed by atoms with van der Waals surface area (Å²) in [6.45, 7) is 9.56. The quantitative estimate of drug-likeness (QED) is 0.109. The molecule has 2 aromatic carbocycles. The van der Waals surface area contributed by atoms with Crippen LogP contribution in [0.15, 0.2) is 89.7 Å². The van der Waals surface area contributed by atoms with Gasteiger partial charge in [-0.25, -0.2) is 27.9 Å². The van der Waals surface area contributed by atoms with Crippen LogP contribution in [0.4, 0.5) is 10.5 Å². The Morgan fingerprint density at radius 1 is 0.969 bits per heavy atom. The maximum absolute atomic E-state index is 13.9. The Morgan fingerprint density at radius 2 is 1.75 bits per heavy atom. The molecule has 2 amide bonds. The summed E-state index contributed by atoms with van der Waals surface area (Å²) < 4.78 is 47.3. The van der Waals surface area contributed by atoms with Crippen molar-refractivity contribution in [1.82, 2.24) is 29.9 Å². The average molecular weight is 929 g/mol. The lowest BCUT2D eigenvalue weighted by molar-refractivity contribution is 0.00694. The molecular formula is C47H51Cl2N7O7S. The lowest BCUT2D eigenvalue weighted by Gasteiger charge is -2.39. The van der Waals surface area contributed by atoms with Crippen LogP contribution in [0, 0.1) is 11.3 Å². The lowest BCUT2D eigenvalue weighted by Crippen LogP contribution is -2.47. The topological polar surface area (TPSA) is 168 Å². The van der Waals surface area contributed by atoms with E-state index in [0.29, 0.717) is 37.4 Å². The molecule has 2 aliphatic carbocycles. The van der Waals surface area contributed by atoms with Crippen molar-refractivity contribution in [2.45, 2.75) is 69.3 Å². The van der Waals surface area contributed by atoms with Crippen LogP contribution in [-0.4, -0.2) is 91.7 Å². The van der Waals surface area contributed by atoms with Crippen molar-refractivity contribution in [2.75, 3.05) is 50.8 Å². The highest BCUT2D eigenvalue weighted by Gasteiger charge is 2.43. The predicted octanol–water partition coefficient (Wildman–Crippen LogP) is 9.01. The number of allylic oxidation sites excluding steroid dienone is 1. The molecule has 2 aliphatic heterocycles. The Balaban J connectivity index is 0.881. The fourth-order valence-electron chi connectivity index (χ4n) is 9.23. The van der Waals surface area contributed by atoms with Crippen LogP contribution in [0.3, 0.4) is 0 Å². The Morgan fingerprint density at radius 3 is 2.48 bits per heavy atom. The number of hydrogen-bond acceptors (Lipinski definition) is 11. The first-order valence-electron chi connectivity index (χ1n) is 21.7. The third-order valence-electron chi connectivity index (χ3n) is 13.0. The number of aromatic nitrogens is 3. The maximum Gasteiger partial charge on any atom is 0.407 e. The van der Waals surface area contributed by atoms with Crippen molar-refractivity contribution < 1.29 is 32.2 Å². The summed E-state index contributed by atoms with van der Waals surface area (Å²) in [5, 5.41) is 4.27. The lowest BCUT2D eigenvalue weighted by atomic mass is 9.72. The van der Waals surface area contributed by atoms with E-state index in [0.717, 1.165) is 87.1 Å². The Hall–Kier alpha value is -5.35. The maximum atomic E-state index is 13.9. The highest BCUT2D eigenvalue weighted by atomic mass is 35.5. The number of sulfonamides is 1. The second-order valence-corrected chi connectivity index (χ2v) is 20.7. The molecule has 336 valence electrons. The molecule has 64 heavy (non-hydrogen) atoms. The molecule has 2 saturated heterocycles. The third-order valence-corrected chi connectivity index (χ3v) is 14.8. The number of benzene rings is 2. The number of hydrogen-bond donors (Lipinski definition) is 3. The molecule has 5 heterocycles. The number of anilines is 1. The van der Waals surface area contributed by atoms with E-state index >= 15 is 0 Å². The summed E-state index contributed by atoms with van der Waals surface area (Å²) in [6.07, 6.45) is 10.3. The summed E-state index contributed by atoms with van der Waals surface area (Å²) in [5.41, 5.74) is 5.44. The summed E-state index contributed by atoms with van der Waals surface area (Å²) in [4.78, 5) is 41.7. The molecule has 1 saturated carbocycles. The SMILES string of the molecule is CC1(C)CCC(CN2CCN(c3ccc(C(=O)NS(=O)(=O)c4cnc(OCC5CCC6(CC5)CNC(=O)O6)c(Cl)c4)c(Oc4cnc5[nH]ccc5c4)c3)CC2)=C(c2ccc(Cl)cc2)C1. The third kappa shape index (κ3) is 9.82. The molecule has 3 aromatic heterocycles. The zero-order valence-corrected chi connectivity index (χ0v) is 38.1. The van der Waals surface area contributed by atoms with Crippen LogP contribution in [0.5, 0.6) is 17.4 Å². The normalized spacial score (nSPS) is 21.5. The second kappa shape index (κ2) is 17.9. The van der Waals surface area contributed by atoms with Crippen molar-refractivity contribution in [3.05, 3.63) is 106 Å². The predicted molar refractivity (Wildman–Crippen MR) is 246 cm³/mol. The van der Waals surface area contributed by atoms with Crippen LogP contribution in [0.1, 0.15) is 74.7 Å². The first kappa shape index (κ1) is 43.9. The van der Waals surface area contributed by atoms with E-state index in [1.54, 1.807) is 30.6 Å². The van der Waals surface area contributed by atoms with Crippen molar-refractivity contribution in [2.24, 2.45) is 11.3 Å². The van der Waals surface area contributed by atoms with Crippen molar-refractivity contribution in [3.63, 3.8) is 0 Å². The number of alkyl carbamates (subject to hydrolysis) is 1. The molecule has 3 fully saturated rings. The van der Waals surface area contributed by atoms with Crippen LogP contribution in [-0.2, 0) is 14.8 Å². The molecule has 0 bridgehead atoms. The molecular weight excluding hydrogens is 878 g/mol. The number of nitrogens with zero attached hydrogens (tertiary/aromatic N) is 4. The first-order chi connectivity index (χ1) is 30.7. The van der Waals surface area contributed by atoms with Crippen molar-refractivity contribution >= 4 is 67.5 Å². The van der Waals surface area contributed by atoms with Gasteiger partial charge in [-0.15, -0.1) is 0 Å². The van der Waals surface area contributed by atoms with E-state index in [4.69, 9.17) is 37.4 Å². The molecule has 17 heteroatoms. The van der Waals surface area contributed by atoms with Crippen LogP contribution < -0.4 is 24.4 Å². The number of fused-ring (bicyclic) bond motifs is 1. The summed E-state index contributed by atoms with van der Waals surface area (Å²) in [6, 6.07) is 18.2. The van der Waals surface area contributed by atoms with Gasteiger partial charge in [0.15, 0.2) is 0 Å². The fraction of sp³-hybridized carbons (Fsp3) is 0.404. The van der Waals surface area contributed by atoms with Gasteiger partial charge in [-0.1, -0.05) is 54.8 Å². The number of pyridine rings is 2. The number of carbonyl (C=O) groups excluding carboxylic acids is 2. The first-order valence-corrected chi connectivity index (χ1v) is 24.0. The number of halogens is 2. The Labute approximate surface area is 382 Å². The number of H-pyrrole nitrogens is 1. The number of piperazine rings is 1. The summed E-state index contributed by atoms with van der Waals surface area (Å²) in [7, 11) is -4.44. The van der Waals surface area contributed by atoms with Gasteiger partial charge in [0.1, 0.15) is 32.7 Å².